The monoisotopic (exact) mass is 495 g/mol. The molecule has 4 fully saturated rings. The Morgan fingerprint density at radius 1 is 1.14 bits per heavy atom. The molecule has 0 aliphatic heterocycles. The molecule has 0 aromatic carbocycles. The van der Waals surface area contributed by atoms with Gasteiger partial charge in [-0.1, -0.05) is 0 Å². The van der Waals surface area contributed by atoms with E-state index in [1.807, 2.05) is 6.20 Å². The topological polar surface area (TPSA) is 87.7 Å². The van der Waals surface area contributed by atoms with Crippen LogP contribution in [0.25, 0.3) is 11.3 Å². The summed E-state index contributed by atoms with van der Waals surface area (Å²) in [6, 6.07) is 1.58. The molecule has 35 heavy (non-hydrogen) atoms. The minimum atomic E-state index is -4.84. The Morgan fingerprint density at radius 3 is 2.43 bits per heavy atom. The lowest BCUT2D eigenvalue weighted by molar-refractivity contribution is -0.274. The summed E-state index contributed by atoms with van der Waals surface area (Å²) in [5.74, 6) is 1.15. The van der Waals surface area contributed by atoms with E-state index in [9.17, 15) is 13.2 Å². The van der Waals surface area contributed by atoms with E-state index in [1.54, 1.807) is 14.2 Å². The smallest absolute Gasteiger partial charge is 0.402 e. The average molecular weight is 496 g/mol. The molecule has 2 aromatic rings. The van der Waals surface area contributed by atoms with Gasteiger partial charge in [0.15, 0.2) is 11.6 Å². The number of methoxy groups -OCH3 is 2. The van der Waals surface area contributed by atoms with Crippen LogP contribution in [0, 0.1) is 5.92 Å². The second kappa shape index (κ2) is 9.25. The van der Waals surface area contributed by atoms with E-state index in [0.29, 0.717) is 42.3 Å². The number of aromatic nitrogens is 3. The Hall–Kier alpha value is -2.37. The van der Waals surface area contributed by atoms with Crippen LogP contribution in [0.3, 0.4) is 0 Å². The number of nitrogens with zero attached hydrogens (tertiary/aromatic N) is 4. The highest BCUT2D eigenvalue weighted by Crippen LogP contribution is 2.61. The van der Waals surface area contributed by atoms with Crippen LogP contribution in [0.5, 0.6) is 5.75 Å². The number of pyridine rings is 1. The molecule has 192 valence electrons. The van der Waals surface area contributed by atoms with Crippen LogP contribution in [0.1, 0.15) is 49.9 Å². The Morgan fingerprint density at radius 2 is 1.83 bits per heavy atom. The van der Waals surface area contributed by atoms with E-state index in [4.69, 9.17) is 20.2 Å². The largest absolute Gasteiger partial charge is 0.573 e. The zero-order valence-electron chi connectivity index (χ0n) is 20.1. The summed E-state index contributed by atoms with van der Waals surface area (Å²) in [6.45, 7) is 3.08. The summed E-state index contributed by atoms with van der Waals surface area (Å²) in [6.07, 6.45) is 4.00. The van der Waals surface area contributed by atoms with Gasteiger partial charge in [-0.3, -0.25) is 4.90 Å². The number of nitrogens with two attached hydrogens (primary N) is 1. The van der Waals surface area contributed by atoms with Crippen molar-refractivity contribution in [3.63, 3.8) is 0 Å². The molecule has 8 nitrogen and oxygen atoms in total. The lowest BCUT2D eigenvalue weighted by Gasteiger charge is -2.47. The molecule has 0 saturated heterocycles. The number of halogens is 3. The number of hydrogen-bond acceptors (Lipinski definition) is 7. The molecule has 0 radical (unpaired) electrons. The number of hydrogen-bond donors (Lipinski definition) is 1. The molecular formula is C24H32F3N5O3. The predicted octanol–water partition coefficient (Wildman–Crippen LogP) is 3.99. The van der Waals surface area contributed by atoms with Crippen molar-refractivity contribution < 1.29 is 27.4 Å². The van der Waals surface area contributed by atoms with Crippen LogP contribution in [0.15, 0.2) is 18.5 Å². The summed E-state index contributed by atoms with van der Waals surface area (Å²) in [5.41, 5.74) is 6.81. The molecule has 4 aliphatic carbocycles. The van der Waals surface area contributed by atoms with Crippen LogP contribution in [0.4, 0.5) is 19.0 Å². The van der Waals surface area contributed by atoms with Gasteiger partial charge in [-0.05, 0) is 44.1 Å². The van der Waals surface area contributed by atoms with Gasteiger partial charge in [-0.2, -0.15) is 0 Å². The molecule has 2 N–H and O–H groups in total. The first kappa shape index (κ1) is 24.3. The fraction of sp³-hybridized carbons (Fsp3) is 0.667. The highest BCUT2D eigenvalue weighted by molar-refractivity contribution is 5.64. The van der Waals surface area contributed by atoms with Gasteiger partial charge in [0.05, 0.1) is 18.9 Å². The maximum absolute atomic E-state index is 12.8. The molecule has 0 amide bonds. The minimum Gasteiger partial charge on any atom is -0.402 e. The molecule has 11 heteroatoms. The van der Waals surface area contributed by atoms with Gasteiger partial charge >= 0.3 is 6.36 Å². The van der Waals surface area contributed by atoms with Crippen molar-refractivity contribution in [1.82, 2.24) is 19.4 Å². The maximum atomic E-state index is 12.8. The quantitative estimate of drug-likeness (QED) is 0.504. The van der Waals surface area contributed by atoms with Crippen LogP contribution in [-0.2, 0) is 9.47 Å². The van der Waals surface area contributed by atoms with E-state index in [1.165, 1.54) is 12.3 Å². The first-order chi connectivity index (χ1) is 16.7. The molecule has 4 saturated carbocycles. The van der Waals surface area contributed by atoms with Crippen LogP contribution in [0.2, 0.25) is 0 Å². The second-order valence-corrected chi connectivity index (χ2v) is 9.96. The zero-order chi connectivity index (χ0) is 24.8. The summed E-state index contributed by atoms with van der Waals surface area (Å²) < 4.78 is 55.5. The van der Waals surface area contributed by atoms with Gasteiger partial charge in [0.1, 0.15) is 5.82 Å². The van der Waals surface area contributed by atoms with Crippen molar-refractivity contribution in [2.45, 2.75) is 56.0 Å². The standard InChI is InChI=1S/C24H32F3N5O3/c1-33-7-5-31(6-8-34-2)23-10-17(11-23)19(12-23)32-14-18(30-22(32)15-3-4-15)16-9-20(21(28)29-13-16)35-24(25,26)27/h9,13-15,17,19H,3-8,10-12H2,1-2H3,(H2,28,29)/t17?,19-,23?/m0/s1. The molecule has 2 heterocycles. The number of anilines is 1. The lowest BCUT2D eigenvalue weighted by atomic mass is 9.75. The molecule has 0 unspecified atom stereocenters. The molecule has 1 atom stereocenters. The van der Waals surface area contributed by atoms with Gasteiger partial charge in [0.2, 0.25) is 0 Å². The van der Waals surface area contributed by atoms with E-state index in [0.717, 1.165) is 51.0 Å². The van der Waals surface area contributed by atoms with Crippen LogP contribution < -0.4 is 10.5 Å². The molecule has 6 rings (SSSR count). The van der Waals surface area contributed by atoms with Crippen molar-refractivity contribution in [1.29, 1.82) is 0 Å². The van der Waals surface area contributed by atoms with Gasteiger partial charge in [-0.25, -0.2) is 9.97 Å². The van der Waals surface area contributed by atoms with E-state index in [2.05, 4.69) is 19.2 Å². The van der Waals surface area contributed by atoms with Crippen molar-refractivity contribution in [2.24, 2.45) is 5.92 Å². The number of imidazole rings is 1. The fourth-order valence-electron chi connectivity index (χ4n) is 5.87. The number of ether oxygens (including phenoxy) is 3. The third-order valence-corrected chi connectivity index (χ3v) is 7.68. The van der Waals surface area contributed by atoms with E-state index in [-0.39, 0.29) is 11.4 Å². The van der Waals surface area contributed by atoms with Gasteiger partial charge < -0.3 is 24.5 Å². The third kappa shape index (κ3) is 4.85. The number of alkyl halides is 3. The predicted molar refractivity (Wildman–Crippen MR) is 123 cm³/mol. The Balaban J connectivity index is 1.41. The SMILES string of the molecule is COCCN(CCOC)C12CC(C1)[C@@H](n1cc(-c3cnc(N)c(OC(F)(F)F)c3)nc1C1CC1)C2. The molecule has 4 aliphatic rings. The highest BCUT2D eigenvalue weighted by atomic mass is 19.4. The third-order valence-electron chi connectivity index (χ3n) is 7.68. The Bertz CT molecular complexity index is 1040. The second-order valence-electron chi connectivity index (χ2n) is 9.96. The van der Waals surface area contributed by atoms with Crippen molar-refractivity contribution >= 4 is 5.82 Å². The Kier molecular flexibility index (Phi) is 6.43. The van der Waals surface area contributed by atoms with Crippen LogP contribution in [-0.4, -0.2) is 71.9 Å². The summed E-state index contributed by atoms with van der Waals surface area (Å²) in [7, 11) is 3.44. The number of rotatable bonds is 11. The van der Waals surface area contributed by atoms with Crippen molar-refractivity contribution in [3.8, 4) is 17.0 Å². The number of fused-ring (bicyclic) bond motifs is 1. The molecule has 0 spiro atoms. The van der Waals surface area contributed by atoms with Crippen molar-refractivity contribution in [3.05, 3.63) is 24.3 Å². The van der Waals surface area contributed by atoms with Crippen LogP contribution >= 0.6 is 0 Å². The molecular weight excluding hydrogens is 463 g/mol. The molecule has 2 bridgehead atoms. The summed E-state index contributed by atoms with van der Waals surface area (Å²) in [4.78, 5) is 11.3. The van der Waals surface area contributed by atoms with Gasteiger partial charge in [-0.15, -0.1) is 13.2 Å². The number of nitrogen functional groups attached to an aromatic ring is 1. The summed E-state index contributed by atoms with van der Waals surface area (Å²) in [5, 5.41) is 0. The van der Waals surface area contributed by atoms with Gasteiger partial charge in [0.25, 0.3) is 0 Å². The van der Waals surface area contributed by atoms with E-state index < -0.39 is 12.1 Å². The normalized spacial score (nSPS) is 25.8. The van der Waals surface area contributed by atoms with Crippen molar-refractivity contribution in [2.75, 3.05) is 46.3 Å². The van der Waals surface area contributed by atoms with E-state index >= 15 is 0 Å². The average Bonchev–Trinajstić information content (AvgIpc) is 3.26. The fourth-order valence-corrected chi connectivity index (χ4v) is 5.87. The first-order valence-electron chi connectivity index (χ1n) is 12.1. The zero-order valence-corrected chi connectivity index (χ0v) is 20.1. The minimum absolute atomic E-state index is 0.133. The molecule has 2 aromatic heterocycles. The summed E-state index contributed by atoms with van der Waals surface area (Å²) >= 11 is 0. The maximum Gasteiger partial charge on any atom is 0.573 e. The lowest BCUT2D eigenvalue weighted by Crippen LogP contribution is -2.54. The Labute approximate surface area is 202 Å². The van der Waals surface area contributed by atoms with Gasteiger partial charge in [0, 0.05) is 62.8 Å². The first-order valence-corrected chi connectivity index (χ1v) is 12.1. The highest BCUT2D eigenvalue weighted by Gasteiger charge is 2.59.